The fourth-order valence-corrected chi connectivity index (χ4v) is 3.56. The third kappa shape index (κ3) is 4.01. The van der Waals surface area contributed by atoms with Gasteiger partial charge in [0.1, 0.15) is 0 Å². The van der Waals surface area contributed by atoms with E-state index in [0.717, 1.165) is 16.8 Å². The summed E-state index contributed by atoms with van der Waals surface area (Å²) in [4.78, 5) is 18.9. The standard InChI is InChI=1S/C23H25N3O4/c1-4-28-19-11-8-16(12-20(19)29-5-2)23-24-22(25-30-23)17-13-21(27)26(14-17)18-9-6-15(3)7-10-18/h6-12,17H,4-5,13-14H2,1-3H3/t17-/m1/s1. The minimum absolute atomic E-state index is 0.0647. The lowest BCUT2D eigenvalue weighted by atomic mass is 10.1. The van der Waals surface area contributed by atoms with Crippen LogP contribution in [0.25, 0.3) is 11.5 Å². The van der Waals surface area contributed by atoms with E-state index in [1.807, 2.05) is 63.2 Å². The maximum Gasteiger partial charge on any atom is 0.258 e. The van der Waals surface area contributed by atoms with Gasteiger partial charge in [0.05, 0.1) is 13.2 Å². The van der Waals surface area contributed by atoms with Crippen LogP contribution >= 0.6 is 0 Å². The van der Waals surface area contributed by atoms with E-state index >= 15 is 0 Å². The van der Waals surface area contributed by atoms with Crippen LogP contribution in [0, 0.1) is 6.92 Å². The molecule has 7 heteroatoms. The van der Waals surface area contributed by atoms with Crippen LogP contribution < -0.4 is 14.4 Å². The Morgan fingerprint density at radius 2 is 1.80 bits per heavy atom. The van der Waals surface area contributed by atoms with Gasteiger partial charge in [-0.2, -0.15) is 4.98 Å². The summed E-state index contributed by atoms with van der Waals surface area (Å²) in [6.45, 7) is 7.49. The van der Waals surface area contributed by atoms with Gasteiger partial charge < -0.3 is 18.9 Å². The molecule has 1 aliphatic rings. The Morgan fingerprint density at radius 1 is 1.07 bits per heavy atom. The first-order valence-corrected chi connectivity index (χ1v) is 10.2. The number of carbonyl (C=O) groups excluding carboxylic acids is 1. The van der Waals surface area contributed by atoms with Gasteiger partial charge in [-0.25, -0.2) is 0 Å². The van der Waals surface area contributed by atoms with Crippen molar-refractivity contribution in [3.05, 3.63) is 53.9 Å². The molecule has 4 rings (SSSR count). The second kappa shape index (κ2) is 8.57. The second-order valence-electron chi connectivity index (χ2n) is 7.23. The summed E-state index contributed by atoms with van der Waals surface area (Å²) in [5.74, 6) is 2.21. The zero-order valence-electron chi connectivity index (χ0n) is 17.4. The molecule has 0 saturated carbocycles. The van der Waals surface area contributed by atoms with Crippen molar-refractivity contribution in [2.45, 2.75) is 33.1 Å². The molecule has 2 aromatic carbocycles. The summed E-state index contributed by atoms with van der Waals surface area (Å²) in [6.07, 6.45) is 0.361. The summed E-state index contributed by atoms with van der Waals surface area (Å²) in [5, 5.41) is 4.15. The zero-order chi connectivity index (χ0) is 21.1. The van der Waals surface area contributed by atoms with Crippen LogP contribution in [-0.4, -0.2) is 35.8 Å². The van der Waals surface area contributed by atoms with Gasteiger partial charge in [-0.1, -0.05) is 22.9 Å². The molecule has 1 fully saturated rings. The first-order chi connectivity index (χ1) is 14.6. The minimum Gasteiger partial charge on any atom is -0.490 e. The molecule has 30 heavy (non-hydrogen) atoms. The Hall–Kier alpha value is -3.35. The highest BCUT2D eigenvalue weighted by Crippen LogP contribution is 2.34. The number of aromatic nitrogens is 2. The van der Waals surface area contributed by atoms with Crippen LogP contribution in [0.1, 0.15) is 37.6 Å². The summed E-state index contributed by atoms with van der Waals surface area (Å²) in [6, 6.07) is 13.5. The van der Waals surface area contributed by atoms with Crippen molar-refractivity contribution in [3.63, 3.8) is 0 Å². The quantitative estimate of drug-likeness (QED) is 0.579. The highest BCUT2D eigenvalue weighted by atomic mass is 16.5. The van der Waals surface area contributed by atoms with Crippen molar-refractivity contribution < 1.29 is 18.8 Å². The molecule has 1 aromatic heterocycles. The largest absolute Gasteiger partial charge is 0.490 e. The van der Waals surface area contributed by atoms with Crippen molar-refractivity contribution in [2.75, 3.05) is 24.7 Å². The Bertz CT molecular complexity index is 1030. The number of benzene rings is 2. The number of aryl methyl sites for hydroxylation is 1. The molecular formula is C23H25N3O4. The van der Waals surface area contributed by atoms with Gasteiger partial charge in [0, 0.05) is 30.1 Å². The second-order valence-corrected chi connectivity index (χ2v) is 7.23. The van der Waals surface area contributed by atoms with E-state index in [1.54, 1.807) is 4.90 Å². The summed E-state index contributed by atoms with van der Waals surface area (Å²) in [7, 11) is 0. The normalized spacial score (nSPS) is 16.2. The molecule has 1 atom stereocenters. The van der Waals surface area contributed by atoms with Gasteiger partial charge in [0.2, 0.25) is 5.91 Å². The molecular weight excluding hydrogens is 382 g/mol. The molecule has 0 bridgehead atoms. The Kier molecular flexibility index (Phi) is 5.70. The number of hydrogen-bond acceptors (Lipinski definition) is 6. The molecule has 0 aliphatic carbocycles. The third-order valence-electron chi connectivity index (χ3n) is 5.07. The molecule has 0 spiro atoms. The lowest BCUT2D eigenvalue weighted by molar-refractivity contribution is -0.117. The number of anilines is 1. The van der Waals surface area contributed by atoms with Crippen LogP contribution in [-0.2, 0) is 4.79 Å². The number of nitrogens with zero attached hydrogens (tertiary/aromatic N) is 3. The molecule has 156 valence electrons. The van der Waals surface area contributed by atoms with Crippen molar-refractivity contribution in [1.29, 1.82) is 0 Å². The number of carbonyl (C=O) groups is 1. The SMILES string of the molecule is CCOc1ccc(-c2nc([C@@H]3CC(=O)N(c4ccc(C)cc4)C3)no2)cc1OCC. The van der Waals surface area contributed by atoms with E-state index in [4.69, 9.17) is 14.0 Å². The van der Waals surface area contributed by atoms with E-state index in [1.165, 1.54) is 0 Å². The Labute approximate surface area is 175 Å². The first kappa shape index (κ1) is 19.9. The molecule has 3 aromatic rings. The van der Waals surface area contributed by atoms with E-state index in [2.05, 4.69) is 10.1 Å². The predicted octanol–water partition coefficient (Wildman–Crippen LogP) is 4.36. The van der Waals surface area contributed by atoms with Crippen LogP contribution in [0.3, 0.4) is 0 Å². The van der Waals surface area contributed by atoms with Gasteiger partial charge in [-0.3, -0.25) is 4.79 Å². The van der Waals surface area contributed by atoms with Crippen LogP contribution in [0.15, 0.2) is 47.0 Å². The van der Waals surface area contributed by atoms with Crippen LogP contribution in [0.5, 0.6) is 11.5 Å². The minimum atomic E-state index is -0.106. The third-order valence-corrected chi connectivity index (χ3v) is 5.07. The highest BCUT2D eigenvalue weighted by Gasteiger charge is 2.34. The average molecular weight is 407 g/mol. The number of amides is 1. The zero-order valence-corrected chi connectivity index (χ0v) is 17.4. The van der Waals surface area contributed by atoms with Gasteiger partial charge in [0.15, 0.2) is 17.3 Å². The van der Waals surface area contributed by atoms with E-state index in [-0.39, 0.29) is 11.8 Å². The van der Waals surface area contributed by atoms with Crippen LogP contribution in [0.2, 0.25) is 0 Å². The van der Waals surface area contributed by atoms with Gasteiger partial charge in [-0.05, 0) is 51.1 Å². The number of ether oxygens (including phenoxy) is 2. The van der Waals surface area contributed by atoms with Crippen LogP contribution in [0.4, 0.5) is 5.69 Å². The lowest BCUT2D eigenvalue weighted by Gasteiger charge is -2.16. The topological polar surface area (TPSA) is 77.7 Å². The first-order valence-electron chi connectivity index (χ1n) is 10.2. The summed E-state index contributed by atoms with van der Waals surface area (Å²) < 4.78 is 16.8. The molecule has 2 heterocycles. The van der Waals surface area contributed by atoms with Gasteiger partial charge >= 0.3 is 0 Å². The van der Waals surface area contributed by atoms with Crippen molar-refractivity contribution in [1.82, 2.24) is 10.1 Å². The molecule has 1 aliphatic heterocycles. The molecule has 0 N–H and O–H groups in total. The molecule has 1 amide bonds. The predicted molar refractivity (Wildman–Crippen MR) is 113 cm³/mol. The van der Waals surface area contributed by atoms with Gasteiger partial charge in [-0.15, -0.1) is 0 Å². The summed E-state index contributed by atoms with van der Waals surface area (Å²) >= 11 is 0. The van der Waals surface area contributed by atoms with E-state index in [0.29, 0.717) is 49.4 Å². The number of hydrogen-bond donors (Lipinski definition) is 0. The van der Waals surface area contributed by atoms with Gasteiger partial charge in [0.25, 0.3) is 5.89 Å². The average Bonchev–Trinajstić information content (AvgIpc) is 3.37. The monoisotopic (exact) mass is 407 g/mol. The molecule has 1 saturated heterocycles. The lowest BCUT2D eigenvalue weighted by Crippen LogP contribution is -2.24. The van der Waals surface area contributed by atoms with E-state index < -0.39 is 0 Å². The fourth-order valence-electron chi connectivity index (χ4n) is 3.56. The van der Waals surface area contributed by atoms with Crippen molar-refractivity contribution in [2.24, 2.45) is 0 Å². The molecule has 0 unspecified atom stereocenters. The van der Waals surface area contributed by atoms with E-state index in [9.17, 15) is 4.79 Å². The number of rotatable bonds is 7. The Morgan fingerprint density at radius 3 is 2.53 bits per heavy atom. The molecule has 0 radical (unpaired) electrons. The Balaban J connectivity index is 1.54. The van der Waals surface area contributed by atoms with Crippen molar-refractivity contribution in [3.8, 4) is 23.0 Å². The fraction of sp³-hybridized carbons (Fsp3) is 0.348. The highest BCUT2D eigenvalue weighted by molar-refractivity contribution is 5.96. The summed E-state index contributed by atoms with van der Waals surface area (Å²) in [5.41, 5.74) is 2.80. The smallest absolute Gasteiger partial charge is 0.258 e. The maximum atomic E-state index is 12.5. The van der Waals surface area contributed by atoms with Crippen molar-refractivity contribution >= 4 is 11.6 Å². The maximum absolute atomic E-state index is 12.5. The molecule has 7 nitrogen and oxygen atoms in total.